The third-order valence-electron chi connectivity index (χ3n) is 2.79. The van der Waals surface area contributed by atoms with E-state index < -0.39 is 5.54 Å². The first-order chi connectivity index (χ1) is 8.94. The van der Waals surface area contributed by atoms with Crippen molar-refractivity contribution in [3.05, 3.63) is 0 Å². The summed E-state index contributed by atoms with van der Waals surface area (Å²) in [6.45, 7) is 7.43. The molecule has 0 bridgehead atoms. The second-order valence-corrected chi connectivity index (χ2v) is 5.41. The molecule has 112 valence electrons. The van der Waals surface area contributed by atoms with Gasteiger partial charge in [0.2, 0.25) is 0 Å². The molecule has 0 radical (unpaired) electrons. The Bertz CT molecular complexity index is 283. The number of ketones is 1. The third kappa shape index (κ3) is 8.88. The lowest BCUT2D eigenvalue weighted by Gasteiger charge is -2.24. The normalized spacial score (nSPS) is 11.2. The van der Waals surface area contributed by atoms with Crippen molar-refractivity contribution in [1.82, 2.24) is 16.0 Å². The summed E-state index contributed by atoms with van der Waals surface area (Å²) in [5.41, 5.74) is -0.807. The van der Waals surface area contributed by atoms with Gasteiger partial charge in [-0.15, -0.1) is 0 Å². The minimum Gasteiger partial charge on any atom is -0.337 e. The van der Waals surface area contributed by atoms with E-state index in [1.54, 1.807) is 20.8 Å². The number of rotatable bonds is 10. The molecule has 0 atom stereocenters. The fourth-order valence-electron chi connectivity index (χ4n) is 1.59. The van der Waals surface area contributed by atoms with Crippen LogP contribution >= 0.6 is 12.6 Å². The van der Waals surface area contributed by atoms with Gasteiger partial charge in [-0.2, -0.15) is 12.6 Å². The molecule has 0 aliphatic heterocycles. The van der Waals surface area contributed by atoms with Crippen LogP contribution < -0.4 is 16.0 Å². The molecule has 0 heterocycles. The lowest BCUT2D eigenvalue weighted by Crippen LogP contribution is -2.53. The number of hydrogen-bond donors (Lipinski definition) is 4. The zero-order chi connectivity index (χ0) is 14.7. The zero-order valence-electron chi connectivity index (χ0n) is 12.2. The Labute approximate surface area is 121 Å². The summed E-state index contributed by atoms with van der Waals surface area (Å²) in [4.78, 5) is 23.2. The fourth-order valence-corrected chi connectivity index (χ4v) is 1.81. The van der Waals surface area contributed by atoms with E-state index in [-0.39, 0.29) is 11.8 Å². The van der Waals surface area contributed by atoms with Crippen LogP contribution in [0.15, 0.2) is 0 Å². The summed E-state index contributed by atoms with van der Waals surface area (Å²) in [7, 11) is 0. The average molecular weight is 289 g/mol. The Morgan fingerprint density at radius 3 is 2.37 bits per heavy atom. The Hall–Kier alpha value is -0.750. The van der Waals surface area contributed by atoms with Crippen molar-refractivity contribution in [3.8, 4) is 0 Å². The summed E-state index contributed by atoms with van der Waals surface area (Å²) < 4.78 is 0. The van der Waals surface area contributed by atoms with E-state index in [2.05, 4.69) is 28.6 Å². The Morgan fingerprint density at radius 2 is 1.79 bits per heavy atom. The maximum Gasteiger partial charge on any atom is 0.315 e. The van der Waals surface area contributed by atoms with Gasteiger partial charge in [0, 0.05) is 19.5 Å². The highest BCUT2D eigenvalue weighted by atomic mass is 32.1. The number of urea groups is 1. The van der Waals surface area contributed by atoms with Crippen LogP contribution in [0.3, 0.4) is 0 Å². The minimum absolute atomic E-state index is 0.0209. The maximum absolute atomic E-state index is 11.6. The highest BCUT2D eigenvalue weighted by molar-refractivity contribution is 7.80. The van der Waals surface area contributed by atoms with Crippen LogP contribution in [-0.2, 0) is 4.79 Å². The van der Waals surface area contributed by atoms with Crippen molar-refractivity contribution < 1.29 is 9.59 Å². The molecular weight excluding hydrogens is 262 g/mol. The minimum atomic E-state index is -0.807. The molecule has 19 heavy (non-hydrogen) atoms. The molecule has 6 heteroatoms. The van der Waals surface area contributed by atoms with Crippen molar-refractivity contribution in [1.29, 1.82) is 0 Å². The number of carbonyl (C=O) groups is 2. The summed E-state index contributed by atoms with van der Waals surface area (Å²) in [6.07, 6.45) is 2.60. The van der Waals surface area contributed by atoms with Crippen molar-refractivity contribution >= 4 is 24.4 Å². The Morgan fingerprint density at radius 1 is 1.11 bits per heavy atom. The number of Topliss-reactive ketones (excluding diaryl/α,β-unsaturated/α-hetero) is 1. The molecule has 0 spiro atoms. The predicted octanol–water partition coefficient (Wildman–Crippen LogP) is 1.34. The van der Waals surface area contributed by atoms with Gasteiger partial charge in [0.05, 0.1) is 5.54 Å². The number of unbranched alkanes of at least 4 members (excludes halogenated alkanes) is 1. The van der Waals surface area contributed by atoms with Crippen LogP contribution in [0.25, 0.3) is 0 Å². The molecule has 0 aromatic carbocycles. The molecule has 0 unspecified atom stereocenters. The standard InChI is InChI=1S/C13H27N3O2S/c1-4-11(17)13(2,3)16-12(18)15-9-8-14-7-5-6-10-19/h14,19H,4-10H2,1-3H3,(H2,15,16,18). The molecule has 5 nitrogen and oxygen atoms in total. The summed E-state index contributed by atoms with van der Waals surface area (Å²) >= 11 is 4.13. The molecular formula is C13H27N3O2S. The summed E-state index contributed by atoms with van der Waals surface area (Å²) in [5, 5.41) is 8.64. The SMILES string of the molecule is CCC(=O)C(C)(C)NC(=O)NCCNCCCCS. The van der Waals surface area contributed by atoms with E-state index in [0.717, 1.165) is 31.7 Å². The third-order valence-corrected chi connectivity index (χ3v) is 3.11. The Balaban J connectivity index is 3.67. The lowest BCUT2D eigenvalue weighted by molar-refractivity contribution is -0.123. The monoisotopic (exact) mass is 289 g/mol. The summed E-state index contributed by atoms with van der Waals surface area (Å²) in [6, 6.07) is -0.302. The van der Waals surface area contributed by atoms with E-state index in [4.69, 9.17) is 0 Å². The quantitative estimate of drug-likeness (QED) is 0.362. The fraction of sp³-hybridized carbons (Fsp3) is 0.846. The van der Waals surface area contributed by atoms with E-state index in [1.807, 2.05) is 0 Å². The first-order valence-electron chi connectivity index (χ1n) is 6.85. The van der Waals surface area contributed by atoms with Gasteiger partial charge in [0.1, 0.15) is 0 Å². The van der Waals surface area contributed by atoms with Crippen LogP contribution in [0.2, 0.25) is 0 Å². The van der Waals surface area contributed by atoms with Gasteiger partial charge >= 0.3 is 6.03 Å². The first-order valence-corrected chi connectivity index (χ1v) is 7.48. The first kappa shape index (κ1) is 18.2. The van der Waals surface area contributed by atoms with E-state index in [9.17, 15) is 9.59 Å². The topological polar surface area (TPSA) is 70.2 Å². The number of thiol groups is 1. The number of nitrogens with one attached hydrogen (secondary N) is 3. The van der Waals surface area contributed by atoms with Crippen molar-refractivity contribution in [2.24, 2.45) is 0 Å². The maximum atomic E-state index is 11.6. The predicted molar refractivity (Wildman–Crippen MR) is 81.9 cm³/mol. The van der Waals surface area contributed by atoms with Crippen molar-refractivity contribution in [2.75, 3.05) is 25.4 Å². The zero-order valence-corrected chi connectivity index (χ0v) is 13.1. The van der Waals surface area contributed by atoms with Crippen molar-refractivity contribution in [3.63, 3.8) is 0 Å². The van der Waals surface area contributed by atoms with Gasteiger partial charge in [-0.05, 0) is 39.0 Å². The molecule has 3 N–H and O–H groups in total. The molecule has 0 fully saturated rings. The van der Waals surface area contributed by atoms with Gasteiger partial charge in [-0.25, -0.2) is 4.79 Å². The highest BCUT2D eigenvalue weighted by Gasteiger charge is 2.27. The Kier molecular flexibility index (Phi) is 9.69. The van der Waals surface area contributed by atoms with Crippen molar-refractivity contribution in [2.45, 2.75) is 45.6 Å². The number of amides is 2. The molecule has 0 aromatic rings. The van der Waals surface area contributed by atoms with Gasteiger partial charge in [-0.1, -0.05) is 6.92 Å². The number of hydrogen-bond acceptors (Lipinski definition) is 4. The molecule has 0 saturated heterocycles. The van der Waals surface area contributed by atoms with Gasteiger partial charge < -0.3 is 16.0 Å². The van der Waals surface area contributed by atoms with Crippen LogP contribution in [0.1, 0.15) is 40.0 Å². The van der Waals surface area contributed by atoms with Crippen LogP contribution in [0.5, 0.6) is 0 Å². The molecule has 0 aliphatic rings. The smallest absolute Gasteiger partial charge is 0.315 e. The summed E-state index contributed by atoms with van der Waals surface area (Å²) in [5.74, 6) is 0.926. The second-order valence-electron chi connectivity index (χ2n) is 4.96. The number of carbonyl (C=O) groups excluding carboxylic acids is 2. The van der Waals surface area contributed by atoms with Gasteiger partial charge in [0.25, 0.3) is 0 Å². The van der Waals surface area contributed by atoms with Gasteiger partial charge in [-0.3, -0.25) is 4.79 Å². The van der Waals surface area contributed by atoms with E-state index >= 15 is 0 Å². The van der Waals surface area contributed by atoms with E-state index in [0.29, 0.717) is 13.0 Å². The molecule has 2 amide bonds. The van der Waals surface area contributed by atoms with Crippen LogP contribution in [0, 0.1) is 0 Å². The lowest BCUT2D eigenvalue weighted by atomic mass is 9.97. The molecule has 0 rings (SSSR count). The average Bonchev–Trinajstić information content (AvgIpc) is 2.36. The molecule has 0 aliphatic carbocycles. The highest BCUT2D eigenvalue weighted by Crippen LogP contribution is 2.05. The van der Waals surface area contributed by atoms with E-state index in [1.165, 1.54) is 0 Å². The molecule has 0 saturated carbocycles. The van der Waals surface area contributed by atoms with Gasteiger partial charge in [0.15, 0.2) is 5.78 Å². The molecule has 0 aromatic heterocycles. The second kappa shape index (κ2) is 10.1. The largest absolute Gasteiger partial charge is 0.337 e. The van der Waals surface area contributed by atoms with Crippen LogP contribution in [-0.4, -0.2) is 42.7 Å². The van der Waals surface area contributed by atoms with Crippen LogP contribution in [0.4, 0.5) is 4.79 Å².